The van der Waals surface area contributed by atoms with Crippen LogP contribution in [0.15, 0.2) is 54.6 Å². The highest BCUT2D eigenvalue weighted by molar-refractivity contribution is 5.88. The Labute approximate surface area is 190 Å². The fraction of sp³-hybridized carbons (Fsp3) is 0.577. The lowest BCUT2D eigenvalue weighted by Crippen LogP contribution is -2.57. The van der Waals surface area contributed by atoms with E-state index in [0.29, 0.717) is 23.7 Å². The fourth-order valence-corrected chi connectivity index (χ4v) is 4.71. The van der Waals surface area contributed by atoms with Crippen LogP contribution in [-0.4, -0.2) is 25.2 Å². The number of carbonyl (C=O) groups is 1. The first kappa shape index (κ1) is 26.2. The average Bonchev–Trinajstić information content (AvgIpc) is 2.71. The van der Waals surface area contributed by atoms with Crippen molar-refractivity contribution in [3.05, 3.63) is 60.2 Å². The molecule has 0 aliphatic heterocycles. The molecular formula is C26H36F3NO2. The fourth-order valence-electron chi connectivity index (χ4n) is 4.71. The summed E-state index contributed by atoms with van der Waals surface area (Å²) in [5, 5.41) is 2.44. The quantitative estimate of drug-likeness (QED) is 0.464. The lowest BCUT2D eigenvalue weighted by Gasteiger charge is -2.35. The molecule has 1 amide bonds. The molecule has 32 heavy (non-hydrogen) atoms. The molecule has 1 fully saturated rings. The number of hydrogen-bond donors (Lipinski definition) is 1. The summed E-state index contributed by atoms with van der Waals surface area (Å²) in [6.07, 6.45) is 6.35. The normalized spacial score (nSPS) is 25.2. The summed E-state index contributed by atoms with van der Waals surface area (Å²) >= 11 is 0. The summed E-state index contributed by atoms with van der Waals surface area (Å²) in [6.45, 7) is 8.43. The second-order valence-corrected chi connectivity index (χ2v) is 9.27. The van der Waals surface area contributed by atoms with E-state index in [4.69, 9.17) is 4.74 Å². The van der Waals surface area contributed by atoms with Crippen LogP contribution >= 0.6 is 0 Å². The Bertz CT molecular complexity index is 788. The molecule has 2 rings (SSSR count). The molecule has 0 bridgehead atoms. The van der Waals surface area contributed by atoms with Gasteiger partial charge >= 0.3 is 6.18 Å². The molecule has 0 aromatic heterocycles. The van der Waals surface area contributed by atoms with Gasteiger partial charge in [0.05, 0.1) is 0 Å². The zero-order chi connectivity index (χ0) is 23.9. The van der Waals surface area contributed by atoms with E-state index in [-0.39, 0.29) is 5.56 Å². The molecule has 1 aliphatic rings. The molecule has 1 N–H and O–H groups in total. The maximum absolute atomic E-state index is 14.0. The number of benzene rings is 1. The predicted molar refractivity (Wildman–Crippen MR) is 122 cm³/mol. The number of allylic oxidation sites excluding steroid dienone is 3. The Morgan fingerprint density at radius 3 is 2.34 bits per heavy atom. The number of alkyl halides is 3. The first-order chi connectivity index (χ1) is 15.0. The van der Waals surface area contributed by atoms with Crippen LogP contribution in [0, 0.1) is 23.7 Å². The average molecular weight is 452 g/mol. The van der Waals surface area contributed by atoms with E-state index in [0.717, 1.165) is 13.5 Å². The van der Waals surface area contributed by atoms with Gasteiger partial charge in [-0.3, -0.25) is 4.79 Å². The number of amides is 1. The maximum atomic E-state index is 14.0. The van der Waals surface area contributed by atoms with E-state index in [2.05, 4.69) is 32.2 Å². The van der Waals surface area contributed by atoms with Crippen molar-refractivity contribution in [1.29, 1.82) is 0 Å². The maximum Gasteiger partial charge on any atom is 0.430 e. The molecule has 1 aromatic rings. The Hall–Kier alpha value is -2.08. The number of rotatable bonds is 8. The standard InChI is InChI=1S/C26H36F3NO2/c1-18(2)23-16-15-19(3)17-21(23)12-10-9-11-20(4)30-24(31)25(32-5,26(27,28)29)22-13-7-6-8-14-22/h6-14,18-21,23H,15-17H2,1-5H3,(H,30,31)/b11-9+,12-10+/t19-,20+,21-,23+,25-/m1/s1. The Balaban J connectivity index is 2.10. The van der Waals surface area contributed by atoms with Gasteiger partial charge in [0.25, 0.3) is 11.5 Å². The van der Waals surface area contributed by atoms with Gasteiger partial charge < -0.3 is 10.1 Å². The zero-order valence-corrected chi connectivity index (χ0v) is 19.7. The van der Waals surface area contributed by atoms with Crippen molar-refractivity contribution in [3.8, 4) is 0 Å². The zero-order valence-electron chi connectivity index (χ0n) is 19.7. The Morgan fingerprint density at radius 1 is 1.12 bits per heavy atom. The highest BCUT2D eigenvalue weighted by atomic mass is 19.4. The lowest BCUT2D eigenvalue weighted by molar-refractivity contribution is -0.265. The molecule has 5 atom stereocenters. The van der Waals surface area contributed by atoms with E-state index in [1.54, 1.807) is 25.1 Å². The minimum absolute atomic E-state index is 0.255. The number of ether oxygens (including phenoxy) is 1. The number of nitrogens with one attached hydrogen (secondary N) is 1. The van der Waals surface area contributed by atoms with E-state index in [1.807, 2.05) is 6.08 Å². The van der Waals surface area contributed by atoms with Gasteiger partial charge in [-0.15, -0.1) is 0 Å². The summed E-state index contributed by atoms with van der Waals surface area (Å²) in [4.78, 5) is 12.8. The number of carbonyl (C=O) groups excluding carboxylic acids is 1. The van der Waals surface area contributed by atoms with E-state index < -0.39 is 23.7 Å². The van der Waals surface area contributed by atoms with Crippen LogP contribution in [0.4, 0.5) is 13.2 Å². The molecule has 178 valence electrons. The SMILES string of the molecule is CO[C@@](C(=O)N[C@@H](C)/C=C/C=C/[C@@H]1C[C@H](C)CC[C@H]1C(C)C)(c1ccccc1)C(F)(F)F. The monoisotopic (exact) mass is 451 g/mol. The third kappa shape index (κ3) is 6.03. The highest BCUT2D eigenvalue weighted by Crippen LogP contribution is 2.42. The van der Waals surface area contributed by atoms with Gasteiger partial charge in [0, 0.05) is 18.7 Å². The number of hydrogen-bond acceptors (Lipinski definition) is 2. The van der Waals surface area contributed by atoms with Gasteiger partial charge in [-0.25, -0.2) is 0 Å². The van der Waals surface area contributed by atoms with Gasteiger partial charge in [0.1, 0.15) is 0 Å². The molecule has 1 aromatic carbocycles. The molecule has 0 spiro atoms. The molecule has 0 unspecified atom stereocenters. The van der Waals surface area contributed by atoms with Crippen LogP contribution < -0.4 is 5.32 Å². The molecule has 1 aliphatic carbocycles. The van der Waals surface area contributed by atoms with Crippen molar-refractivity contribution < 1.29 is 22.7 Å². The van der Waals surface area contributed by atoms with Crippen molar-refractivity contribution in [2.75, 3.05) is 7.11 Å². The Morgan fingerprint density at radius 2 is 1.78 bits per heavy atom. The number of halogens is 3. The van der Waals surface area contributed by atoms with Crippen LogP contribution in [0.5, 0.6) is 0 Å². The number of methoxy groups -OCH3 is 1. The highest BCUT2D eigenvalue weighted by Gasteiger charge is 2.62. The van der Waals surface area contributed by atoms with Crippen molar-refractivity contribution >= 4 is 5.91 Å². The van der Waals surface area contributed by atoms with E-state index in [9.17, 15) is 18.0 Å². The van der Waals surface area contributed by atoms with E-state index >= 15 is 0 Å². The summed E-state index contributed by atoms with van der Waals surface area (Å²) in [5.41, 5.74) is -3.32. The molecule has 6 heteroatoms. The van der Waals surface area contributed by atoms with Crippen molar-refractivity contribution in [1.82, 2.24) is 5.32 Å². The van der Waals surface area contributed by atoms with Crippen molar-refractivity contribution in [2.45, 2.75) is 64.8 Å². The van der Waals surface area contributed by atoms with Gasteiger partial charge in [0.2, 0.25) is 0 Å². The van der Waals surface area contributed by atoms with Gasteiger partial charge in [0.15, 0.2) is 0 Å². The first-order valence-corrected chi connectivity index (χ1v) is 11.4. The molecule has 0 heterocycles. The molecule has 1 saturated carbocycles. The summed E-state index contributed by atoms with van der Waals surface area (Å²) in [7, 11) is 0.902. The lowest BCUT2D eigenvalue weighted by atomic mass is 9.70. The smallest absolute Gasteiger partial charge is 0.356 e. The second kappa shape index (κ2) is 11.2. The minimum Gasteiger partial charge on any atom is -0.356 e. The third-order valence-electron chi connectivity index (χ3n) is 6.51. The van der Waals surface area contributed by atoms with Crippen molar-refractivity contribution in [3.63, 3.8) is 0 Å². The molecular weight excluding hydrogens is 415 g/mol. The summed E-state index contributed by atoms with van der Waals surface area (Å²) in [6, 6.07) is 6.39. The van der Waals surface area contributed by atoms with Crippen LogP contribution in [0.25, 0.3) is 0 Å². The van der Waals surface area contributed by atoms with Crippen LogP contribution in [0.3, 0.4) is 0 Å². The summed E-state index contributed by atoms with van der Waals surface area (Å²) in [5.74, 6) is 1.22. The van der Waals surface area contributed by atoms with Gasteiger partial charge in [-0.2, -0.15) is 13.2 Å². The van der Waals surface area contributed by atoms with Crippen molar-refractivity contribution in [2.24, 2.45) is 23.7 Å². The van der Waals surface area contributed by atoms with Crippen LogP contribution in [0.2, 0.25) is 0 Å². The third-order valence-corrected chi connectivity index (χ3v) is 6.51. The predicted octanol–water partition coefficient (Wildman–Crippen LogP) is 6.42. The summed E-state index contributed by atoms with van der Waals surface area (Å²) < 4.78 is 46.8. The van der Waals surface area contributed by atoms with Gasteiger partial charge in [-0.05, 0) is 43.4 Å². The second-order valence-electron chi connectivity index (χ2n) is 9.27. The largest absolute Gasteiger partial charge is 0.430 e. The van der Waals surface area contributed by atoms with Crippen LogP contribution in [0.1, 0.15) is 52.5 Å². The first-order valence-electron chi connectivity index (χ1n) is 11.4. The topological polar surface area (TPSA) is 38.3 Å². The van der Waals surface area contributed by atoms with Crippen LogP contribution in [-0.2, 0) is 15.1 Å². The molecule has 0 saturated heterocycles. The van der Waals surface area contributed by atoms with E-state index in [1.165, 1.54) is 37.1 Å². The molecule has 3 nitrogen and oxygen atoms in total. The Kier molecular flexibility index (Phi) is 9.14. The minimum atomic E-state index is -4.92. The van der Waals surface area contributed by atoms with Gasteiger partial charge in [-0.1, -0.05) is 81.8 Å². The molecule has 0 radical (unpaired) electrons.